The molecule has 41 heavy (non-hydrogen) atoms. The van der Waals surface area contributed by atoms with Crippen LogP contribution in [0.15, 0.2) is 24.8 Å². The minimum absolute atomic E-state index is 0.0565. The predicted octanol–water partition coefficient (Wildman–Crippen LogP) is 7.87. The zero-order valence-electron chi connectivity index (χ0n) is 27.4. The van der Waals surface area contributed by atoms with E-state index in [1.165, 1.54) is 14.0 Å². The van der Waals surface area contributed by atoms with Crippen molar-refractivity contribution in [2.45, 2.75) is 120 Å². The van der Waals surface area contributed by atoms with E-state index >= 15 is 0 Å². The molecule has 4 fully saturated rings. The Kier molecular flexibility index (Phi) is 6.57. The Morgan fingerprint density at radius 1 is 0.902 bits per heavy atom. The van der Waals surface area contributed by atoms with Gasteiger partial charge in [-0.1, -0.05) is 67.5 Å². The Morgan fingerprint density at radius 2 is 1.51 bits per heavy atom. The molecule has 5 nitrogen and oxygen atoms in total. The summed E-state index contributed by atoms with van der Waals surface area (Å²) in [5, 5.41) is 0. The van der Waals surface area contributed by atoms with E-state index < -0.39 is 16.2 Å². The van der Waals surface area contributed by atoms with Gasteiger partial charge in [-0.05, 0) is 84.0 Å². The highest BCUT2D eigenvalue weighted by Crippen LogP contribution is 2.80. The molecule has 9 atom stereocenters. The fourth-order valence-corrected chi connectivity index (χ4v) is 12.5. The molecule has 4 saturated carbocycles. The van der Waals surface area contributed by atoms with Crippen LogP contribution >= 0.6 is 0 Å². The first-order valence-corrected chi connectivity index (χ1v) is 15.9. The minimum Gasteiger partial charge on any atom is -0.469 e. The maximum absolute atomic E-state index is 14.9. The van der Waals surface area contributed by atoms with Crippen molar-refractivity contribution in [1.29, 1.82) is 0 Å². The van der Waals surface area contributed by atoms with E-state index in [9.17, 15) is 14.4 Å². The number of ether oxygens (including phenoxy) is 2. The zero-order valence-corrected chi connectivity index (χ0v) is 27.4. The highest BCUT2D eigenvalue weighted by atomic mass is 16.5. The van der Waals surface area contributed by atoms with E-state index in [1.54, 1.807) is 0 Å². The van der Waals surface area contributed by atoms with Crippen molar-refractivity contribution in [3.05, 3.63) is 24.8 Å². The Bertz CT molecular complexity index is 1210. The number of esters is 2. The lowest BCUT2D eigenvalue weighted by Gasteiger charge is -2.76. The number of fused-ring (bicyclic) bond motifs is 7. The topological polar surface area (TPSA) is 69.7 Å². The maximum atomic E-state index is 14.9. The molecule has 0 amide bonds. The van der Waals surface area contributed by atoms with E-state index in [-0.39, 0.29) is 57.0 Å². The Balaban J connectivity index is 1.67. The smallest absolute Gasteiger partial charge is 0.312 e. The maximum Gasteiger partial charge on any atom is 0.312 e. The molecule has 5 heteroatoms. The van der Waals surface area contributed by atoms with Gasteiger partial charge >= 0.3 is 11.9 Å². The van der Waals surface area contributed by atoms with Gasteiger partial charge in [0, 0.05) is 30.1 Å². The van der Waals surface area contributed by atoms with Crippen LogP contribution in [0.2, 0.25) is 0 Å². The van der Waals surface area contributed by atoms with Gasteiger partial charge in [-0.2, -0.15) is 0 Å². The van der Waals surface area contributed by atoms with Crippen LogP contribution in [0.4, 0.5) is 0 Å². The molecule has 5 aliphatic carbocycles. The normalized spacial score (nSPS) is 49.4. The second-order valence-corrected chi connectivity index (χ2v) is 16.9. The molecule has 0 aromatic carbocycles. The Labute approximate surface area is 248 Å². The van der Waals surface area contributed by atoms with Crippen molar-refractivity contribution in [3.8, 4) is 0 Å². The third kappa shape index (κ3) is 3.44. The van der Waals surface area contributed by atoms with Gasteiger partial charge in [0.1, 0.15) is 11.9 Å². The summed E-state index contributed by atoms with van der Waals surface area (Å²) in [5.41, 5.74) is -2.47. The zero-order chi connectivity index (χ0) is 30.7. The van der Waals surface area contributed by atoms with Crippen molar-refractivity contribution in [2.24, 2.45) is 55.2 Å². The van der Waals surface area contributed by atoms with Crippen molar-refractivity contribution in [1.82, 2.24) is 0 Å². The number of Topliss-reactive ketones (excluding diaryl/α,β-unsaturated/α-hetero) is 1. The van der Waals surface area contributed by atoms with E-state index in [1.807, 2.05) is 0 Å². The molecule has 5 aliphatic rings. The molecule has 0 aromatic rings. The number of methoxy groups -OCH3 is 1. The molecule has 0 heterocycles. The number of carbonyl (C=O) groups excluding carboxylic acids is 3. The van der Waals surface area contributed by atoms with Crippen LogP contribution in [0.1, 0.15) is 114 Å². The Hall–Kier alpha value is -1.91. The number of carbonyl (C=O) groups is 3. The lowest BCUT2D eigenvalue weighted by atomic mass is 9.27. The summed E-state index contributed by atoms with van der Waals surface area (Å²) in [6, 6.07) is 0. The number of rotatable bonds is 3. The van der Waals surface area contributed by atoms with Gasteiger partial charge in [-0.15, -0.1) is 6.58 Å². The van der Waals surface area contributed by atoms with Crippen LogP contribution in [-0.4, -0.2) is 30.9 Å². The van der Waals surface area contributed by atoms with Crippen molar-refractivity contribution < 1.29 is 23.9 Å². The van der Waals surface area contributed by atoms with Crippen LogP contribution in [0.25, 0.3) is 0 Å². The van der Waals surface area contributed by atoms with Crippen LogP contribution < -0.4 is 0 Å². The highest BCUT2D eigenvalue weighted by molar-refractivity contribution is 5.88. The molecule has 0 spiro atoms. The van der Waals surface area contributed by atoms with Crippen molar-refractivity contribution >= 4 is 17.7 Å². The van der Waals surface area contributed by atoms with Gasteiger partial charge in [-0.25, -0.2) is 0 Å². The summed E-state index contributed by atoms with van der Waals surface area (Å²) in [6.45, 7) is 24.3. The third-order valence-electron chi connectivity index (χ3n) is 14.7. The predicted molar refractivity (Wildman–Crippen MR) is 161 cm³/mol. The molecule has 0 bridgehead atoms. The number of allylic oxidation sites excluding steroid dienone is 2. The van der Waals surface area contributed by atoms with Crippen LogP contribution in [0, 0.1) is 55.2 Å². The monoisotopic (exact) mass is 566 g/mol. The fourth-order valence-electron chi connectivity index (χ4n) is 12.5. The van der Waals surface area contributed by atoms with Crippen LogP contribution in [-0.2, 0) is 23.9 Å². The van der Waals surface area contributed by atoms with Gasteiger partial charge < -0.3 is 9.47 Å². The van der Waals surface area contributed by atoms with Gasteiger partial charge in [0.15, 0.2) is 0 Å². The third-order valence-corrected chi connectivity index (χ3v) is 14.7. The summed E-state index contributed by atoms with van der Waals surface area (Å²) in [5.74, 6) is -0.169. The average molecular weight is 567 g/mol. The quantitative estimate of drug-likeness (QED) is 0.257. The van der Waals surface area contributed by atoms with E-state index in [4.69, 9.17) is 9.47 Å². The molecule has 3 unspecified atom stereocenters. The molecule has 228 valence electrons. The summed E-state index contributed by atoms with van der Waals surface area (Å²) >= 11 is 0. The second kappa shape index (κ2) is 8.82. The summed E-state index contributed by atoms with van der Waals surface area (Å²) in [7, 11) is 1.52. The standard InChI is InChI=1S/C36H54O5/c1-12-36-20-17-31(7)25(32(36,8)14-13-26(30(36,5)6)41-23(2)37)21-24(38)27-33(31,9)16-19-35(28(39)40-11)18-15-29(3,4)22-34(27,35)10/h12-14,25-27H,1,15-22H2,2-11H3/t25?,26?,27?,31-,32-,33-,34+,35-,36+/m1/s1. The van der Waals surface area contributed by atoms with Gasteiger partial charge in [0.05, 0.1) is 12.5 Å². The lowest BCUT2D eigenvalue weighted by Crippen LogP contribution is -2.73. The number of ketones is 1. The lowest BCUT2D eigenvalue weighted by molar-refractivity contribution is -0.261. The van der Waals surface area contributed by atoms with Crippen LogP contribution in [0.3, 0.4) is 0 Å². The van der Waals surface area contributed by atoms with E-state index in [0.29, 0.717) is 12.2 Å². The van der Waals surface area contributed by atoms with Crippen molar-refractivity contribution in [2.75, 3.05) is 7.11 Å². The largest absolute Gasteiger partial charge is 0.469 e. The van der Waals surface area contributed by atoms with E-state index in [2.05, 4.69) is 80.2 Å². The average Bonchev–Trinajstić information content (AvgIpc) is 2.86. The molecule has 0 aliphatic heterocycles. The molecule has 0 saturated heterocycles. The van der Waals surface area contributed by atoms with Gasteiger partial charge in [0.25, 0.3) is 0 Å². The number of hydrogen-bond donors (Lipinski definition) is 0. The summed E-state index contributed by atoms with van der Waals surface area (Å²) in [4.78, 5) is 40.6. The molecule has 0 radical (unpaired) electrons. The van der Waals surface area contributed by atoms with Crippen molar-refractivity contribution in [3.63, 3.8) is 0 Å². The minimum atomic E-state index is -0.617. The van der Waals surface area contributed by atoms with Crippen LogP contribution in [0.5, 0.6) is 0 Å². The first-order valence-electron chi connectivity index (χ1n) is 15.9. The first-order chi connectivity index (χ1) is 18.8. The Morgan fingerprint density at radius 3 is 2.10 bits per heavy atom. The summed E-state index contributed by atoms with van der Waals surface area (Å²) < 4.78 is 11.4. The summed E-state index contributed by atoms with van der Waals surface area (Å²) in [6.07, 6.45) is 12.7. The van der Waals surface area contributed by atoms with Gasteiger partial charge in [-0.3, -0.25) is 14.4 Å². The number of hydrogen-bond acceptors (Lipinski definition) is 5. The molecular formula is C36H54O5. The second-order valence-electron chi connectivity index (χ2n) is 16.9. The fraction of sp³-hybridized carbons (Fsp3) is 0.806. The molecule has 0 N–H and O–H groups in total. The first kappa shape index (κ1) is 30.5. The highest BCUT2D eigenvalue weighted by Gasteiger charge is 2.78. The molecule has 5 rings (SSSR count). The molecule has 0 aromatic heterocycles. The molecular weight excluding hydrogens is 512 g/mol. The van der Waals surface area contributed by atoms with Gasteiger partial charge in [0.2, 0.25) is 0 Å². The van der Waals surface area contributed by atoms with E-state index in [0.717, 1.165) is 44.9 Å². The SMILES string of the molecule is C=C[C@@]12CC[C@]3(C)C(CC(=O)C4[C@]5(C)CC(C)(C)CC[C@]5(C(=O)OC)CC[C@]43C)[C@@]1(C)C=CC(OC(C)=O)C2(C)C.